The second-order valence-corrected chi connectivity index (χ2v) is 4.53. The summed E-state index contributed by atoms with van der Waals surface area (Å²) in [6.07, 6.45) is 6.19. The van der Waals surface area contributed by atoms with Crippen molar-refractivity contribution in [3.05, 3.63) is 29.1 Å². The van der Waals surface area contributed by atoms with Crippen molar-refractivity contribution in [2.24, 2.45) is 5.92 Å². The Kier molecular flexibility index (Phi) is 2.85. The predicted octanol–water partition coefficient (Wildman–Crippen LogP) is 2.78. The van der Waals surface area contributed by atoms with E-state index in [1.165, 1.54) is 24.0 Å². The fraction of sp³-hybridized carbons (Fsp3) is 0.538. The van der Waals surface area contributed by atoms with Crippen LogP contribution in [0.1, 0.15) is 42.0 Å². The minimum Gasteiger partial charge on any atom is -0.303 e. The van der Waals surface area contributed by atoms with Gasteiger partial charge in [0, 0.05) is 18.3 Å². The van der Waals surface area contributed by atoms with E-state index in [9.17, 15) is 4.79 Å². The highest BCUT2D eigenvalue weighted by atomic mass is 16.1. The van der Waals surface area contributed by atoms with E-state index < -0.39 is 0 Å². The minimum atomic E-state index is 0.413. The van der Waals surface area contributed by atoms with Gasteiger partial charge >= 0.3 is 0 Å². The molecule has 0 bridgehead atoms. The number of aromatic nitrogens is 1. The van der Waals surface area contributed by atoms with E-state index in [2.05, 4.69) is 18.0 Å². The van der Waals surface area contributed by atoms with Crippen molar-refractivity contribution in [3.8, 4) is 0 Å². The first-order valence-corrected chi connectivity index (χ1v) is 5.59. The highest BCUT2D eigenvalue weighted by Crippen LogP contribution is 2.44. The zero-order chi connectivity index (χ0) is 10.8. The molecule has 2 rings (SSSR count). The average molecular weight is 203 g/mol. The summed E-state index contributed by atoms with van der Waals surface area (Å²) in [6, 6.07) is 2.11. The van der Waals surface area contributed by atoms with Gasteiger partial charge in [0.25, 0.3) is 0 Å². The van der Waals surface area contributed by atoms with Crippen LogP contribution in [0.5, 0.6) is 0 Å². The monoisotopic (exact) mass is 203 g/mol. The summed E-state index contributed by atoms with van der Waals surface area (Å²) in [4.78, 5) is 15.0. The van der Waals surface area contributed by atoms with Gasteiger partial charge in [-0.15, -0.1) is 0 Å². The Balaban J connectivity index is 2.28. The van der Waals surface area contributed by atoms with E-state index in [-0.39, 0.29) is 0 Å². The normalized spacial score (nSPS) is 17.5. The van der Waals surface area contributed by atoms with Crippen LogP contribution >= 0.6 is 0 Å². The molecule has 1 heterocycles. The molecule has 1 aliphatic carbocycles. The third-order valence-electron chi connectivity index (χ3n) is 3.23. The summed E-state index contributed by atoms with van der Waals surface area (Å²) in [7, 11) is 0. The van der Waals surface area contributed by atoms with Crippen LogP contribution in [0.25, 0.3) is 0 Å². The molecule has 0 N–H and O–H groups in total. The molecule has 0 amide bonds. The Bertz CT molecular complexity index is 369. The first kappa shape index (κ1) is 10.3. The molecular weight excluding hydrogens is 186 g/mol. The molecule has 2 heteroatoms. The second kappa shape index (κ2) is 4.13. The number of carbonyl (C=O) groups excluding carboxylic acids is 1. The Morgan fingerprint density at radius 1 is 1.53 bits per heavy atom. The van der Waals surface area contributed by atoms with Crippen LogP contribution in [-0.4, -0.2) is 11.3 Å². The number of carbonyl (C=O) groups is 1. The SMILES string of the molecule is Cc1cc(C)c(C(CC=O)C2CC2)cn1. The molecule has 1 fully saturated rings. The van der Waals surface area contributed by atoms with Crippen LogP contribution in [-0.2, 0) is 4.79 Å². The summed E-state index contributed by atoms with van der Waals surface area (Å²) in [5, 5.41) is 0. The third kappa shape index (κ3) is 2.25. The second-order valence-electron chi connectivity index (χ2n) is 4.53. The molecule has 1 saturated carbocycles. The topological polar surface area (TPSA) is 30.0 Å². The fourth-order valence-electron chi connectivity index (χ4n) is 2.27. The van der Waals surface area contributed by atoms with Crippen LogP contribution in [0.3, 0.4) is 0 Å². The molecule has 0 radical (unpaired) electrons. The molecule has 1 aromatic heterocycles. The number of aryl methyl sites for hydroxylation is 2. The Labute approximate surface area is 90.7 Å². The zero-order valence-corrected chi connectivity index (χ0v) is 9.36. The number of hydrogen-bond acceptors (Lipinski definition) is 2. The van der Waals surface area contributed by atoms with E-state index in [0.717, 1.165) is 17.9 Å². The van der Waals surface area contributed by atoms with Crippen LogP contribution in [0.2, 0.25) is 0 Å². The van der Waals surface area contributed by atoms with Crippen molar-refractivity contribution in [2.45, 2.75) is 39.0 Å². The van der Waals surface area contributed by atoms with Gasteiger partial charge < -0.3 is 4.79 Å². The van der Waals surface area contributed by atoms with Gasteiger partial charge in [0.05, 0.1) is 0 Å². The number of nitrogens with zero attached hydrogens (tertiary/aromatic N) is 1. The zero-order valence-electron chi connectivity index (χ0n) is 9.36. The summed E-state index contributed by atoms with van der Waals surface area (Å²) in [6.45, 7) is 4.12. The van der Waals surface area contributed by atoms with E-state index in [1.807, 2.05) is 13.1 Å². The lowest BCUT2D eigenvalue weighted by molar-refractivity contribution is -0.108. The standard InChI is InChI=1S/C13H17NO/c1-9-7-10(2)14-8-13(9)12(5-6-15)11-3-4-11/h6-8,11-12H,3-5H2,1-2H3. The molecular formula is C13H17NO. The smallest absolute Gasteiger partial charge is 0.120 e. The van der Waals surface area contributed by atoms with E-state index in [0.29, 0.717) is 12.3 Å². The fourth-order valence-corrected chi connectivity index (χ4v) is 2.27. The van der Waals surface area contributed by atoms with Gasteiger partial charge in [-0.25, -0.2) is 0 Å². The Morgan fingerprint density at radius 2 is 2.27 bits per heavy atom. The molecule has 1 aromatic rings. The van der Waals surface area contributed by atoms with Crippen molar-refractivity contribution >= 4 is 6.29 Å². The Hall–Kier alpha value is -1.18. The maximum Gasteiger partial charge on any atom is 0.120 e. The lowest BCUT2D eigenvalue weighted by Gasteiger charge is -2.16. The van der Waals surface area contributed by atoms with Crippen LogP contribution in [0.15, 0.2) is 12.3 Å². The molecule has 80 valence electrons. The number of hydrogen-bond donors (Lipinski definition) is 0. The van der Waals surface area contributed by atoms with Crippen molar-refractivity contribution < 1.29 is 4.79 Å². The van der Waals surface area contributed by atoms with Gasteiger partial charge in [0.2, 0.25) is 0 Å². The third-order valence-corrected chi connectivity index (χ3v) is 3.23. The number of pyridine rings is 1. The number of rotatable bonds is 4. The van der Waals surface area contributed by atoms with Crippen LogP contribution in [0, 0.1) is 19.8 Å². The Morgan fingerprint density at radius 3 is 2.80 bits per heavy atom. The van der Waals surface area contributed by atoms with E-state index in [1.54, 1.807) is 0 Å². The highest BCUT2D eigenvalue weighted by Gasteiger charge is 2.32. The quantitative estimate of drug-likeness (QED) is 0.704. The summed E-state index contributed by atoms with van der Waals surface area (Å²) in [5.74, 6) is 1.13. The molecule has 0 aliphatic heterocycles. The van der Waals surface area contributed by atoms with Gasteiger partial charge in [-0.1, -0.05) is 0 Å². The van der Waals surface area contributed by atoms with E-state index in [4.69, 9.17) is 0 Å². The molecule has 1 aliphatic rings. The van der Waals surface area contributed by atoms with Gasteiger partial charge in [0.15, 0.2) is 0 Å². The molecule has 0 spiro atoms. The van der Waals surface area contributed by atoms with Crippen molar-refractivity contribution in [2.75, 3.05) is 0 Å². The first-order chi connectivity index (χ1) is 7.22. The largest absolute Gasteiger partial charge is 0.303 e. The highest BCUT2D eigenvalue weighted by molar-refractivity contribution is 5.52. The van der Waals surface area contributed by atoms with Crippen LogP contribution < -0.4 is 0 Å². The molecule has 0 aromatic carbocycles. The van der Waals surface area contributed by atoms with Gasteiger partial charge in [-0.2, -0.15) is 0 Å². The minimum absolute atomic E-state index is 0.413. The lowest BCUT2D eigenvalue weighted by Crippen LogP contribution is -2.05. The summed E-state index contributed by atoms with van der Waals surface area (Å²) < 4.78 is 0. The predicted molar refractivity (Wildman–Crippen MR) is 59.9 cm³/mol. The summed E-state index contributed by atoms with van der Waals surface area (Å²) in [5.41, 5.74) is 3.60. The maximum atomic E-state index is 10.7. The van der Waals surface area contributed by atoms with Crippen molar-refractivity contribution in [1.82, 2.24) is 4.98 Å². The first-order valence-electron chi connectivity index (χ1n) is 5.59. The summed E-state index contributed by atoms with van der Waals surface area (Å²) >= 11 is 0. The van der Waals surface area contributed by atoms with Crippen molar-refractivity contribution in [3.63, 3.8) is 0 Å². The van der Waals surface area contributed by atoms with Crippen LogP contribution in [0.4, 0.5) is 0 Å². The van der Waals surface area contributed by atoms with Gasteiger partial charge in [-0.05, 0) is 55.7 Å². The molecule has 15 heavy (non-hydrogen) atoms. The van der Waals surface area contributed by atoms with E-state index >= 15 is 0 Å². The maximum absolute atomic E-state index is 10.7. The molecule has 1 unspecified atom stereocenters. The molecule has 0 saturated heterocycles. The van der Waals surface area contributed by atoms with Crippen molar-refractivity contribution in [1.29, 1.82) is 0 Å². The lowest BCUT2D eigenvalue weighted by atomic mass is 9.89. The number of aldehydes is 1. The molecule has 2 nitrogen and oxygen atoms in total. The average Bonchev–Trinajstić information content (AvgIpc) is 2.98. The van der Waals surface area contributed by atoms with Gasteiger partial charge in [0.1, 0.15) is 6.29 Å². The molecule has 1 atom stereocenters. The van der Waals surface area contributed by atoms with Gasteiger partial charge in [-0.3, -0.25) is 4.98 Å².